The van der Waals surface area contributed by atoms with Crippen LogP contribution in [0.25, 0.3) is 0 Å². The van der Waals surface area contributed by atoms with E-state index in [1.54, 1.807) is 6.21 Å². The first-order chi connectivity index (χ1) is 9.41. The number of carbonyl (C=O) groups excluding carboxylic acids is 1. The predicted molar refractivity (Wildman–Crippen MR) is 86.4 cm³/mol. The number of carbonyl (C=O) groups is 1. The molecule has 0 aromatic heterocycles. The zero-order chi connectivity index (χ0) is 15.1. The Hall–Kier alpha value is -0.280. The zero-order valence-electron chi connectivity index (χ0n) is 12.6. The molecule has 1 fully saturated rings. The van der Waals surface area contributed by atoms with Gasteiger partial charge in [0.05, 0.1) is 0 Å². The molecule has 1 amide bonds. The number of rotatable bonds is 10. The Balaban J connectivity index is 2.00. The van der Waals surface area contributed by atoms with Gasteiger partial charge in [-0.2, -0.15) is 5.10 Å². The summed E-state index contributed by atoms with van der Waals surface area (Å²) in [5.74, 6) is -0.0335. The molecule has 1 aliphatic carbocycles. The van der Waals surface area contributed by atoms with Crippen molar-refractivity contribution in [3.05, 3.63) is 0 Å². The maximum atomic E-state index is 11.6. The lowest BCUT2D eigenvalue weighted by molar-refractivity contribution is -0.121. The summed E-state index contributed by atoms with van der Waals surface area (Å²) >= 11 is 12.0. The number of hydrogen-bond donors (Lipinski definition) is 1. The molecule has 116 valence electrons. The first kappa shape index (κ1) is 17.8. The SMILES string of the molecule is CCCCCCCCCC(=O)NN=CC1(C)CC1(Cl)Cl. The Morgan fingerprint density at radius 2 is 1.75 bits per heavy atom. The summed E-state index contributed by atoms with van der Waals surface area (Å²) in [6.45, 7) is 4.14. The third-order valence-corrected chi connectivity index (χ3v) is 4.98. The van der Waals surface area contributed by atoms with E-state index in [1.165, 1.54) is 32.1 Å². The van der Waals surface area contributed by atoms with Gasteiger partial charge in [0, 0.05) is 18.1 Å². The molecular weight excluding hydrogens is 295 g/mol. The van der Waals surface area contributed by atoms with Gasteiger partial charge < -0.3 is 0 Å². The maximum absolute atomic E-state index is 11.6. The topological polar surface area (TPSA) is 41.5 Å². The van der Waals surface area contributed by atoms with Crippen molar-refractivity contribution in [2.45, 2.75) is 76.0 Å². The van der Waals surface area contributed by atoms with Gasteiger partial charge in [0.2, 0.25) is 5.91 Å². The van der Waals surface area contributed by atoms with Crippen LogP contribution in [-0.2, 0) is 4.79 Å². The van der Waals surface area contributed by atoms with E-state index in [1.807, 2.05) is 6.92 Å². The summed E-state index contributed by atoms with van der Waals surface area (Å²) < 4.78 is -0.723. The van der Waals surface area contributed by atoms with E-state index in [2.05, 4.69) is 17.5 Å². The van der Waals surface area contributed by atoms with E-state index in [9.17, 15) is 4.79 Å². The molecule has 3 nitrogen and oxygen atoms in total. The van der Waals surface area contributed by atoms with Crippen molar-refractivity contribution >= 4 is 35.3 Å². The highest BCUT2D eigenvalue weighted by Crippen LogP contribution is 2.62. The molecule has 0 heterocycles. The van der Waals surface area contributed by atoms with Crippen LogP contribution < -0.4 is 5.43 Å². The second-order valence-electron chi connectivity index (χ2n) is 5.96. The van der Waals surface area contributed by atoms with Crippen LogP contribution in [-0.4, -0.2) is 16.5 Å². The summed E-state index contributed by atoms with van der Waals surface area (Å²) in [4.78, 5) is 11.6. The van der Waals surface area contributed by atoms with E-state index in [0.29, 0.717) is 12.8 Å². The Morgan fingerprint density at radius 1 is 1.20 bits per heavy atom. The molecule has 0 aromatic rings. The molecule has 0 aliphatic heterocycles. The summed E-state index contributed by atoms with van der Waals surface area (Å²) in [7, 11) is 0. The second-order valence-corrected chi connectivity index (χ2v) is 7.45. The average molecular weight is 321 g/mol. The lowest BCUT2D eigenvalue weighted by Gasteiger charge is -2.04. The Morgan fingerprint density at radius 3 is 2.30 bits per heavy atom. The van der Waals surface area contributed by atoms with Crippen LogP contribution in [0.3, 0.4) is 0 Å². The van der Waals surface area contributed by atoms with E-state index >= 15 is 0 Å². The van der Waals surface area contributed by atoms with Gasteiger partial charge in [-0.15, -0.1) is 23.2 Å². The average Bonchev–Trinajstić information content (AvgIpc) is 2.87. The number of halogens is 2. The van der Waals surface area contributed by atoms with E-state index in [-0.39, 0.29) is 11.3 Å². The van der Waals surface area contributed by atoms with Gasteiger partial charge >= 0.3 is 0 Å². The minimum atomic E-state index is -0.723. The molecule has 0 radical (unpaired) electrons. The van der Waals surface area contributed by atoms with Crippen molar-refractivity contribution in [3.8, 4) is 0 Å². The van der Waals surface area contributed by atoms with E-state index < -0.39 is 4.33 Å². The van der Waals surface area contributed by atoms with Gasteiger partial charge in [0.15, 0.2) is 0 Å². The monoisotopic (exact) mass is 320 g/mol. The molecule has 20 heavy (non-hydrogen) atoms. The van der Waals surface area contributed by atoms with Gasteiger partial charge in [-0.05, 0) is 12.8 Å². The molecule has 0 spiro atoms. The van der Waals surface area contributed by atoms with E-state index in [0.717, 1.165) is 12.8 Å². The molecular formula is C15H26Cl2N2O. The molecule has 0 bridgehead atoms. The molecule has 1 atom stereocenters. The highest BCUT2D eigenvalue weighted by molar-refractivity contribution is 6.52. The molecule has 1 rings (SSSR count). The smallest absolute Gasteiger partial charge is 0.240 e. The largest absolute Gasteiger partial charge is 0.273 e. The summed E-state index contributed by atoms with van der Waals surface area (Å²) in [6, 6.07) is 0. The molecule has 1 N–H and O–H groups in total. The molecule has 5 heteroatoms. The lowest BCUT2D eigenvalue weighted by Crippen LogP contribution is -2.18. The van der Waals surface area contributed by atoms with Gasteiger partial charge in [-0.3, -0.25) is 4.79 Å². The third kappa shape index (κ3) is 6.01. The van der Waals surface area contributed by atoms with Crippen LogP contribution >= 0.6 is 23.2 Å². The zero-order valence-corrected chi connectivity index (χ0v) is 14.1. The molecule has 1 unspecified atom stereocenters. The fraction of sp³-hybridized carbons (Fsp3) is 0.867. The van der Waals surface area contributed by atoms with Crippen LogP contribution in [0.4, 0.5) is 0 Å². The lowest BCUT2D eigenvalue weighted by atomic mass is 10.1. The Kier molecular flexibility index (Phi) is 7.32. The maximum Gasteiger partial charge on any atom is 0.240 e. The highest BCUT2D eigenvalue weighted by Gasteiger charge is 2.62. The predicted octanol–water partition coefficient (Wildman–Crippen LogP) is 4.81. The minimum absolute atomic E-state index is 0.0335. The quantitative estimate of drug-likeness (QED) is 0.267. The van der Waals surface area contributed by atoms with E-state index in [4.69, 9.17) is 23.2 Å². The number of unbranched alkanes of at least 4 members (excludes halogenated alkanes) is 6. The number of amides is 1. The van der Waals surface area contributed by atoms with Crippen molar-refractivity contribution in [2.24, 2.45) is 10.5 Å². The van der Waals surface area contributed by atoms with Crippen LogP contribution in [0.2, 0.25) is 0 Å². The van der Waals surface area contributed by atoms with Crippen LogP contribution in [0.5, 0.6) is 0 Å². The Labute approximate surface area is 132 Å². The summed E-state index contributed by atoms with van der Waals surface area (Å²) in [5, 5.41) is 3.95. The minimum Gasteiger partial charge on any atom is -0.273 e. The number of alkyl halides is 2. The van der Waals surface area contributed by atoms with Gasteiger partial charge in [0.1, 0.15) is 4.33 Å². The van der Waals surface area contributed by atoms with Crippen LogP contribution in [0, 0.1) is 5.41 Å². The summed E-state index contributed by atoms with van der Waals surface area (Å²) in [6.07, 6.45) is 11.3. The molecule has 1 saturated carbocycles. The number of nitrogens with zero attached hydrogens (tertiary/aromatic N) is 1. The standard InChI is InChI=1S/C15H26Cl2N2O/c1-3-4-5-6-7-8-9-10-13(20)19-18-12-14(2)11-15(14,16)17/h12H,3-11H2,1-2H3,(H,19,20). The van der Waals surface area contributed by atoms with Crippen molar-refractivity contribution < 1.29 is 4.79 Å². The van der Waals surface area contributed by atoms with Gasteiger partial charge in [-0.25, -0.2) is 5.43 Å². The molecule has 1 aliphatic rings. The van der Waals surface area contributed by atoms with Gasteiger partial charge in [0.25, 0.3) is 0 Å². The van der Waals surface area contributed by atoms with Crippen LogP contribution in [0.1, 0.15) is 71.6 Å². The fourth-order valence-corrected chi connectivity index (χ4v) is 2.76. The number of nitrogens with one attached hydrogen (secondary N) is 1. The van der Waals surface area contributed by atoms with Crippen molar-refractivity contribution in [2.75, 3.05) is 0 Å². The normalized spacial score (nSPS) is 24.0. The van der Waals surface area contributed by atoms with Gasteiger partial charge in [-0.1, -0.05) is 52.4 Å². The highest BCUT2D eigenvalue weighted by atomic mass is 35.5. The number of hydrazone groups is 1. The fourth-order valence-electron chi connectivity index (χ4n) is 2.10. The summed E-state index contributed by atoms with van der Waals surface area (Å²) in [5.41, 5.74) is 2.24. The van der Waals surface area contributed by atoms with Crippen LogP contribution in [0.15, 0.2) is 5.10 Å². The Bertz CT molecular complexity index is 345. The first-order valence-corrected chi connectivity index (χ1v) is 8.38. The molecule has 0 saturated heterocycles. The third-order valence-electron chi connectivity index (χ3n) is 3.85. The first-order valence-electron chi connectivity index (χ1n) is 7.62. The van der Waals surface area contributed by atoms with Crippen molar-refractivity contribution in [1.29, 1.82) is 0 Å². The molecule has 0 aromatic carbocycles. The van der Waals surface area contributed by atoms with Crippen molar-refractivity contribution in [3.63, 3.8) is 0 Å². The second kappa shape index (κ2) is 8.23. The number of hydrogen-bond acceptors (Lipinski definition) is 2. The van der Waals surface area contributed by atoms with Crippen molar-refractivity contribution in [1.82, 2.24) is 5.43 Å².